The maximum Gasteiger partial charge on any atom is 3.00 e. The number of hydrogen-bond acceptors (Lipinski definition) is 0. The predicted octanol–water partition coefficient (Wildman–Crippen LogP) is -2.65. The van der Waals surface area contributed by atoms with Crippen molar-refractivity contribution in [1.82, 2.24) is 0 Å². The Kier molecular flexibility index (Phi) is 9.09. The molecule has 0 aliphatic heterocycles. The number of hydrogen-bond donors (Lipinski definition) is 0. The Labute approximate surface area is 124 Å². The molecule has 0 heterocycles. The minimum absolute atomic E-state index is 0. The van der Waals surface area contributed by atoms with Crippen LogP contribution in [0, 0.1) is 6.08 Å². The molecule has 0 bridgehead atoms. The van der Waals surface area contributed by atoms with Gasteiger partial charge >= 0.3 is 26.2 Å². The van der Waals surface area contributed by atoms with Crippen LogP contribution in [-0.4, -0.2) is 0 Å². The van der Waals surface area contributed by atoms with Crippen molar-refractivity contribution in [1.29, 1.82) is 0 Å². The van der Waals surface area contributed by atoms with Gasteiger partial charge in [-0.3, -0.25) is 6.08 Å². The average molecular weight is 319 g/mol. The van der Waals surface area contributed by atoms with Gasteiger partial charge < -0.3 is 24.8 Å². The molecule has 1 radical (unpaired) electrons. The molecule has 0 amide bonds. The molecule has 0 aromatic rings. The van der Waals surface area contributed by atoms with Crippen molar-refractivity contribution in [2.75, 3.05) is 0 Å². The monoisotopic (exact) mass is 317 g/mol. The molecule has 15 heavy (non-hydrogen) atoms. The average Bonchev–Trinajstić information content (AvgIpc) is 2.64. The number of rotatable bonds is 1. The molecule has 0 nitrogen and oxygen atoms in total. The first kappa shape index (κ1) is 17.8. The molecule has 0 saturated heterocycles. The number of allylic oxidation sites excluding steroid dienone is 8. The van der Waals surface area contributed by atoms with Gasteiger partial charge in [-0.2, -0.15) is 5.57 Å². The molecule has 3 heteroatoms. The first-order valence-corrected chi connectivity index (χ1v) is 4.42. The van der Waals surface area contributed by atoms with Crippen LogP contribution in [0.2, 0.25) is 0 Å². The van der Waals surface area contributed by atoms with Crippen LogP contribution in [0.25, 0.3) is 0 Å². The van der Waals surface area contributed by atoms with E-state index >= 15 is 0 Å². The summed E-state index contributed by atoms with van der Waals surface area (Å²) in [5, 5.41) is 0. The topological polar surface area (TPSA) is 0 Å². The third-order valence-electron chi connectivity index (χ3n) is 2.70. The summed E-state index contributed by atoms with van der Waals surface area (Å²) in [6.45, 7) is 4.34. The van der Waals surface area contributed by atoms with Crippen molar-refractivity contribution >= 4 is 0 Å². The molecule has 2 rings (SSSR count). The van der Waals surface area contributed by atoms with E-state index in [9.17, 15) is 0 Å². The molecule has 0 spiro atoms. The van der Waals surface area contributed by atoms with Gasteiger partial charge in [0, 0.05) is 0 Å². The van der Waals surface area contributed by atoms with Crippen molar-refractivity contribution in [3.05, 3.63) is 46.6 Å². The van der Waals surface area contributed by atoms with Gasteiger partial charge in [0.1, 0.15) is 0 Å². The van der Waals surface area contributed by atoms with E-state index in [1.807, 2.05) is 0 Å². The summed E-state index contributed by atoms with van der Waals surface area (Å²) >= 11 is 0. The van der Waals surface area contributed by atoms with Gasteiger partial charge in [-0.05, 0) is 6.42 Å². The van der Waals surface area contributed by atoms with E-state index in [1.165, 1.54) is 22.3 Å². The van der Waals surface area contributed by atoms with Crippen LogP contribution in [0.5, 0.6) is 0 Å². The summed E-state index contributed by atoms with van der Waals surface area (Å²) < 4.78 is 0. The van der Waals surface area contributed by atoms with Crippen LogP contribution in [0.1, 0.15) is 26.7 Å². The molecule has 0 atom stereocenters. The van der Waals surface area contributed by atoms with Crippen molar-refractivity contribution < 1.29 is 51.0 Å². The first-order chi connectivity index (χ1) is 5.79. The zero-order chi connectivity index (χ0) is 8.55. The van der Waals surface area contributed by atoms with E-state index in [2.05, 4.69) is 38.2 Å². The summed E-state index contributed by atoms with van der Waals surface area (Å²) in [5.41, 5.74) is 5.75. The zero-order valence-corrected chi connectivity index (χ0v) is 12.9. The van der Waals surface area contributed by atoms with Crippen molar-refractivity contribution in [2.45, 2.75) is 26.7 Å². The molecule has 79 valence electrons. The molecule has 0 saturated carbocycles. The largest absolute Gasteiger partial charge is 3.00 e. The Morgan fingerprint density at radius 3 is 2.27 bits per heavy atom. The van der Waals surface area contributed by atoms with E-state index in [0.29, 0.717) is 0 Å². The minimum atomic E-state index is 0. The third kappa shape index (κ3) is 3.73. The van der Waals surface area contributed by atoms with Crippen molar-refractivity contribution in [2.24, 2.45) is 0 Å². The van der Waals surface area contributed by atoms with Gasteiger partial charge in [0.05, 0.1) is 0 Å². The second kappa shape index (κ2) is 7.66. The predicted molar refractivity (Wildman–Crippen MR) is 51.6 cm³/mol. The van der Waals surface area contributed by atoms with Crippen LogP contribution >= 0.6 is 0 Å². The Morgan fingerprint density at radius 1 is 1.20 bits per heavy atom. The second-order valence-corrected chi connectivity index (χ2v) is 3.41. The fourth-order valence-corrected chi connectivity index (χ4v) is 1.74. The molecule has 0 N–H and O–H groups in total. The van der Waals surface area contributed by atoms with Crippen LogP contribution < -0.4 is 24.8 Å². The molecule has 0 unspecified atom stereocenters. The van der Waals surface area contributed by atoms with Gasteiger partial charge in [-0.25, -0.2) is 5.57 Å². The molecule has 0 fully saturated rings. The van der Waals surface area contributed by atoms with E-state index in [1.54, 1.807) is 0 Å². The molecular weight excluding hydrogens is 306 g/mol. The summed E-state index contributed by atoms with van der Waals surface area (Å²) in [4.78, 5) is 0. The fraction of sp³-hybridized carbons (Fsp3) is 0.333. The van der Waals surface area contributed by atoms with Gasteiger partial charge in [-0.15, -0.1) is 18.9 Å². The molecular formula is C12H13Cl2Zr. The van der Waals surface area contributed by atoms with Gasteiger partial charge in [0.25, 0.3) is 0 Å². The maximum absolute atomic E-state index is 3.37. The SMILES string of the molecule is CC1=[C-]CC(C2=CC=CC2)=C1C.[Cl-].[Cl-].[Zr+3]. The Hall–Kier alpha value is 0.423. The second-order valence-electron chi connectivity index (χ2n) is 3.41. The molecule has 0 aromatic carbocycles. The normalized spacial score (nSPS) is 17.5. The molecule has 0 aromatic heterocycles. The van der Waals surface area contributed by atoms with Crippen molar-refractivity contribution in [3.63, 3.8) is 0 Å². The van der Waals surface area contributed by atoms with Gasteiger partial charge in [0.2, 0.25) is 0 Å². The molecule has 2 aliphatic carbocycles. The Balaban J connectivity index is 0. The first-order valence-electron chi connectivity index (χ1n) is 4.42. The standard InChI is InChI=1S/C12H13.2ClH.Zr/c1-9-7-8-12(10(9)2)11-5-3-4-6-11;;;/h3-5H,6,8H2,1-2H3;2*1H;/q-1;;;+3/p-2. The summed E-state index contributed by atoms with van der Waals surface area (Å²) in [5.74, 6) is 0. The van der Waals surface area contributed by atoms with Crippen molar-refractivity contribution in [3.8, 4) is 0 Å². The van der Waals surface area contributed by atoms with Gasteiger partial charge in [0.15, 0.2) is 0 Å². The zero-order valence-electron chi connectivity index (χ0n) is 8.90. The van der Waals surface area contributed by atoms with Crippen LogP contribution in [0.15, 0.2) is 40.5 Å². The van der Waals surface area contributed by atoms with E-state index in [4.69, 9.17) is 0 Å². The number of halogens is 2. The summed E-state index contributed by atoms with van der Waals surface area (Å²) in [6.07, 6.45) is 12.1. The van der Waals surface area contributed by atoms with E-state index < -0.39 is 0 Å². The quantitative estimate of drug-likeness (QED) is 0.463. The van der Waals surface area contributed by atoms with E-state index in [-0.39, 0.29) is 51.0 Å². The van der Waals surface area contributed by atoms with Crippen LogP contribution in [0.4, 0.5) is 0 Å². The minimum Gasteiger partial charge on any atom is -1.00 e. The fourth-order valence-electron chi connectivity index (χ4n) is 1.74. The third-order valence-corrected chi connectivity index (χ3v) is 2.70. The smallest absolute Gasteiger partial charge is 1.00 e. The summed E-state index contributed by atoms with van der Waals surface area (Å²) in [7, 11) is 0. The van der Waals surface area contributed by atoms with Crippen LogP contribution in [-0.2, 0) is 26.2 Å². The van der Waals surface area contributed by atoms with Gasteiger partial charge in [-0.1, -0.05) is 30.7 Å². The van der Waals surface area contributed by atoms with E-state index in [0.717, 1.165) is 12.8 Å². The van der Waals surface area contributed by atoms with Crippen LogP contribution in [0.3, 0.4) is 0 Å². The summed E-state index contributed by atoms with van der Waals surface area (Å²) in [6, 6.07) is 0. The molecule has 2 aliphatic rings. The Morgan fingerprint density at radius 2 is 1.87 bits per heavy atom. The maximum atomic E-state index is 3.37. The Bertz CT molecular complexity index is 336.